The van der Waals surface area contributed by atoms with Gasteiger partial charge in [0.2, 0.25) is 0 Å². The highest BCUT2D eigenvalue weighted by atomic mass is 35.5. The van der Waals surface area contributed by atoms with Crippen LogP contribution >= 0.6 is 11.6 Å². The van der Waals surface area contributed by atoms with Gasteiger partial charge < -0.3 is 10.9 Å². The van der Waals surface area contributed by atoms with E-state index in [0.717, 1.165) is 18.7 Å². The SMILES string of the molecule is CC(C)CCN(Cc1ccc(/C(N)=N/O)cc1Cl)C1CC1. The van der Waals surface area contributed by atoms with Crippen molar-refractivity contribution in [2.24, 2.45) is 16.8 Å². The minimum absolute atomic E-state index is 0.0855. The molecule has 1 aromatic rings. The second kappa shape index (κ2) is 7.14. The van der Waals surface area contributed by atoms with Gasteiger partial charge in [-0.3, -0.25) is 4.90 Å². The quantitative estimate of drug-likeness (QED) is 0.351. The van der Waals surface area contributed by atoms with E-state index in [1.54, 1.807) is 6.07 Å². The predicted molar refractivity (Wildman–Crippen MR) is 86.8 cm³/mol. The zero-order chi connectivity index (χ0) is 15.4. The van der Waals surface area contributed by atoms with Crippen LogP contribution < -0.4 is 5.73 Å². The molecule has 1 aliphatic carbocycles. The normalized spacial score (nSPS) is 16.0. The number of hydrogen-bond acceptors (Lipinski definition) is 3. The predicted octanol–water partition coefficient (Wildman–Crippen LogP) is 3.45. The highest BCUT2D eigenvalue weighted by molar-refractivity contribution is 6.31. The van der Waals surface area contributed by atoms with E-state index in [0.29, 0.717) is 22.5 Å². The number of amidine groups is 1. The lowest BCUT2D eigenvalue weighted by molar-refractivity contribution is 0.239. The molecule has 4 nitrogen and oxygen atoms in total. The zero-order valence-electron chi connectivity index (χ0n) is 12.7. The summed E-state index contributed by atoms with van der Waals surface area (Å²) in [7, 11) is 0. The molecule has 3 N–H and O–H groups in total. The summed E-state index contributed by atoms with van der Waals surface area (Å²) in [5.74, 6) is 0.798. The minimum Gasteiger partial charge on any atom is -0.409 e. The standard InChI is InChI=1S/C16H24ClN3O/c1-11(2)7-8-20(14-5-6-14)10-13-4-3-12(9-15(13)17)16(18)19-21/h3-4,9,11,14,21H,5-8,10H2,1-2H3,(H2,18,19). The van der Waals surface area contributed by atoms with Crippen molar-refractivity contribution in [2.45, 2.75) is 45.7 Å². The lowest BCUT2D eigenvalue weighted by atomic mass is 10.1. The van der Waals surface area contributed by atoms with Crippen LogP contribution in [0.2, 0.25) is 5.02 Å². The molecule has 5 heteroatoms. The third-order valence-electron chi connectivity index (χ3n) is 3.89. The first-order valence-electron chi connectivity index (χ1n) is 7.51. The monoisotopic (exact) mass is 309 g/mol. The van der Waals surface area contributed by atoms with E-state index in [1.807, 2.05) is 12.1 Å². The zero-order valence-corrected chi connectivity index (χ0v) is 13.5. The van der Waals surface area contributed by atoms with Crippen molar-refractivity contribution in [3.8, 4) is 0 Å². The summed E-state index contributed by atoms with van der Waals surface area (Å²) in [4.78, 5) is 2.52. The van der Waals surface area contributed by atoms with E-state index >= 15 is 0 Å². The molecule has 1 saturated carbocycles. The van der Waals surface area contributed by atoms with Crippen LogP contribution in [0.25, 0.3) is 0 Å². The number of halogens is 1. The van der Waals surface area contributed by atoms with Crippen LogP contribution in [0.4, 0.5) is 0 Å². The second-order valence-electron chi connectivity index (χ2n) is 6.18. The van der Waals surface area contributed by atoms with Crippen molar-refractivity contribution in [2.75, 3.05) is 6.54 Å². The van der Waals surface area contributed by atoms with Gasteiger partial charge in [-0.2, -0.15) is 0 Å². The summed E-state index contributed by atoms with van der Waals surface area (Å²) in [6.45, 7) is 6.49. The highest BCUT2D eigenvalue weighted by Crippen LogP contribution is 2.30. The third kappa shape index (κ3) is 4.61. The molecular formula is C16H24ClN3O. The van der Waals surface area contributed by atoms with Crippen LogP contribution in [-0.2, 0) is 6.54 Å². The Bertz CT molecular complexity index is 512. The smallest absolute Gasteiger partial charge is 0.170 e. The number of nitrogens with two attached hydrogens (primary N) is 1. The molecule has 21 heavy (non-hydrogen) atoms. The van der Waals surface area contributed by atoms with Crippen molar-refractivity contribution < 1.29 is 5.21 Å². The first kappa shape index (κ1) is 16.1. The Balaban J connectivity index is 2.06. The fourth-order valence-corrected chi connectivity index (χ4v) is 2.61. The van der Waals surface area contributed by atoms with Crippen LogP contribution in [-0.4, -0.2) is 28.5 Å². The van der Waals surface area contributed by atoms with Gasteiger partial charge in [0.05, 0.1) is 0 Å². The van der Waals surface area contributed by atoms with Crippen molar-refractivity contribution >= 4 is 17.4 Å². The van der Waals surface area contributed by atoms with E-state index in [4.69, 9.17) is 22.5 Å². The van der Waals surface area contributed by atoms with Crippen LogP contribution in [0.3, 0.4) is 0 Å². The number of rotatable bonds is 7. The fraction of sp³-hybridized carbons (Fsp3) is 0.562. The Hall–Kier alpha value is -1.26. The van der Waals surface area contributed by atoms with Gasteiger partial charge in [-0.1, -0.05) is 42.7 Å². The average molecular weight is 310 g/mol. The summed E-state index contributed by atoms with van der Waals surface area (Å²) in [6, 6.07) is 6.30. The Morgan fingerprint density at radius 2 is 2.19 bits per heavy atom. The molecule has 1 aromatic carbocycles. The average Bonchev–Trinajstić information content (AvgIpc) is 3.28. The molecule has 2 rings (SSSR count). The van der Waals surface area contributed by atoms with Crippen LogP contribution in [0.1, 0.15) is 44.2 Å². The number of hydrogen-bond donors (Lipinski definition) is 2. The molecule has 116 valence electrons. The maximum absolute atomic E-state index is 8.71. The number of oxime groups is 1. The van der Waals surface area contributed by atoms with Crippen LogP contribution in [0.5, 0.6) is 0 Å². The Morgan fingerprint density at radius 3 is 2.71 bits per heavy atom. The number of nitrogens with zero attached hydrogens (tertiary/aromatic N) is 2. The van der Waals surface area contributed by atoms with E-state index < -0.39 is 0 Å². The lowest BCUT2D eigenvalue weighted by Crippen LogP contribution is -2.27. The molecule has 0 spiro atoms. The summed E-state index contributed by atoms with van der Waals surface area (Å²) in [5, 5.41) is 12.4. The Morgan fingerprint density at radius 1 is 1.48 bits per heavy atom. The van der Waals surface area contributed by atoms with Gasteiger partial charge in [0.25, 0.3) is 0 Å². The van der Waals surface area contributed by atoms with Gasteiger partial charge in [0, 0.05) is 23.2 Å². The van der Waals surface area contributed by atoms with E-state index in [-0.39, 0.29) is 5.84 Å². The second-order valence-corrected chi connectivity index (χ2v) is 6.58. The van der Waals surface area contributed by atoms with Crippen LogP contribution in [0.15, 0.2) is 23.4 Å². The maximum atomic E-state index is 8.71. The summed E-state index contributed by atoms with van der Waals surface area (Å²) in [6.07, 6.45) is 3.78. The third-order valence-corrected chi connectivity index (χ3v) is 4.24. The summed E-state index contributed by atoms with van der Waals surface area (Å²) >= 11 is 6.34. The molecule has 0 bridgehead atoms. The topological polar surface area (TPSA) is 61.8 Å². The molecule has 0 aromatic heterocycles. The molecule has 0 unspecified atom stereocenters. The van der Waals surface area contributed by atoms with E-state index in [9.17, 15) is 0 Å². The molecule has 0 saturated heterocycles. The van der Waals surface area contributed by atoms with Crippen molar-refractivity contribution in [1.82, 2.24) is 4.90 Å². The summed E-state index contributed by atoms with van der Waals surface area (Å²) in [5.41, 5.74) is 7.33. The Kier molecular flexibility index (Phi) is 5.48. The molecule has 0 amide bonds. The van der Waals surface area contributed by atoms with E-state index in [1.165, 1.54) is 19.3 Å². The minimum atomic E-state index is 0.0855. The molecule has 0 atom stereocenters. The van der Waals surface area contributed by atoms with Crippen molar-refractivity contribution in [3.05, 3.63) is 34.3 Å². The van der Waals surface area contributed by atoms with Gasteiger partial charge in [-0.25, -0.2) is 0 Å². The Labute approximate surface area is 131 Å². The van der Waals surface area contributed by atoms with Crippen molar-refractivity contribution in [1.29, 1.82) is 0 Å². The van der Waals surface area contributed by atoms with E-state index in [2.05, 4.69) is 23.9 Å². The maximum Gasteiger partial charge on any atom is 0.170 e. The first-order valence-corrected chi connectivity index (χ1v) is 7.89. The van der Waals surface area contributed by atoms with Crippen LogP contribution in [0, 0.1) is 5.92 Å². The summed E-state index contributed by atoms with van der Waals surface area (Å²) < 4.78 is 0. The molecule has 1 aliphatic rings. The van der Waals surface area contributed by atoms with Crippen molar-refractivity contribution in [3.63, 3.8) is 0 Å². The first-order chi connectivity index (χ1) is 10.0. The fourth-order valence-electron chi connectivity index (χ4n) is 2.37. The van der Waals surface area contributed by atoms with Gasteiger partial charge in [-0.05, 0) is 43.4 Å². The molecule has 1 fully saturated rings. The lowest BCUT2D eigenvalue weighted by Gasteiger charge is -2.23. The molecule has 0 aliphatic heterocycles. The highest BCUT2D eigenvalue weighted by Gasteiger charge is 2.29. The molecule has 0 heterocycles. The largest absolute Gasteiger partial charge is 0.409 e. The van der Waals surface area contributed by atoms with Gasteiger partial charge in [-0.15, -0.1) is 0 Å². The van der Waals surface area contributed by atoms with Gasteiger partial charge in [0.15, 0.2) is 5.84 Å². The molecular weight excluding hydrogens is 286 g/mol. The molecule has 0 radical (unpaired) electrons. The van der Waals surface area contributed by atoms with Gasteiger partial charge >= 0.3 is 0 Å². The number of benzene rings is 1. The van der Waals surface area contributed by atoms with Gasteiger partial charge in [0.1, 0.15) is 0 Å².